The topological polar surface area (TPSA) is 37.0 Å². The first kappa shape index (κ1) is 13.4. The van der Waals surface area contributed by atoms with Crippen molar-refractivity contribution in [2.24, 2.45) is 0 Å². The van der Waals surface area contributed by atoms with E-state index in [0.717, 1.165) is 36.1 Å². The first-order valence-corrected chi connectivity index (χ1v) is 6.23. The van der Waals surface area contributed by atoms with E-state index in [4.69, 9.17) is 11.6 Å². The lowest BCUT2D eigenvalue weighted by Gasteiger charge is -2.14. The molecule has 18 heavy (non-hydrogen) atoms. The number of aromatic nitrogens is 1. The average molecular weight is 284 g/mol. The summed E-state index contributed by atoms with van der Waals surface area (Å²) in [5, 5.41) is 8.69. The summed E-state index contributed by atoms with van der Waals surface area (Å²) in [6.45, 7) is 2.10. The van der Waals surface area contributed by atoms with Gasteiger partial charge in [0.25, 0.3) is 0 Å². The van der Waals surface area contributed by atoms with E-state index in [1.807, 2.05) is 18.2 Å². The number of para-hydroxylation sites is 1. The van der Waals surface area contributed by atoms with Gasteiger partial charge in [0.1, 0.15) is 0 Å². The molecule has 0 radical (unpaired) electrons. The van der Waals surface area contributed by atoms with Crippen LogP contribution in [0.2, 0.25) is 5.02 Å². The smallest absolute Gasteiger partial charge is 0.0908 e. The lowest BCUT2D eigenvalue weighted by Crippen LogP contribution is -2.22. The summed E-state index contributed by atoms with van der Waals surface area (Å²) in [4.78, 5) is 4.33. The van der Waals surface area contributed by atoms with E-state index < -0.39 is 0 Å². The van der Waals surface area contributed by atoms with Crippen molar-refractivity contribution in [2.75, 3.05) is 18.4 Å². The normalized spacial score (nSPS) is 18.6. The number of anilines is 1. The predicted molar refractivity (Wildman–Crippen MR) is 78.9 cm³/mol. The van der Waals surface area contributed by atoms with E-state index in [9.17, 15) is 0 Å². The Balaban J connectivity index is 0.00000120. The number of hydrogen-bond acceptors (Lipinski definition) is 3. The lowest BCUT2D eigenvalue weighted by molar-refractivity contribution is 0.794. The SMILES string of the molecule is Cl.Clc1cccc2c(N[C@@H]3CCNC3)ccnc12. The molecular weight excluding hydrogens is 269 g/mol. The summed E-state index contributed by atoms with van der Waals surface area (Å²) in [7, 11) is 0. The highest BCUT2D eigenvalue weighted by Crippen LogP contribution is 2.27. The Morgan fingerprint density at radius 3 is 3.00 bits per heavy atom. The molecule has 3 rings (SSSR count). The summed E-state index contributed by atoms with van der Waals surface area (Å²) >= 11 is 6.14. The molecule has 0 unspecified atom stereocenters. The average Bonchev–Trinajstić information content (AvgIpc) is 2.83. The first-order valence-electron chi connectivity index (χ1n) is 5.85. The zero-order chi connectivity index (χ0) is 11.7. The van der Waals surface area contributed by atoms with Gasteiger partial charge in [-0.2, -0.15) is 0 Å². The summed E-state index contributed by atoms with van der Waals surface area (Å²) in [5.74, 6) is 0. The first-order chi connectivity index (χ1) is 8.34. The van der Waals surface area contributed by atoms with Crippen molar-refractivity contribution in [3.05, 3.63) is 35.5 Å². The van der Waals surface area contributed by atoms with Crippen LogP contribution < -0.4 is 10.6 Å². The van der Waals surface area contributed by atoms with Gasteiger partial charge in [-0.15, -0.1) is 12.4 Å². The molecule has 3 nitrogen and oxygen atoms in total. The van der Waals surface area contributed by atoms with Crippen molar-refractivity contribution in [3.8, 4) is 0 Å². The fraction of sp³-hybridized carbons (Fsp3) is 0.308. The van der Waals surface area contributed by atoms with E-state index in [2.05, 4.69) is 21.7 Å². The predicted octanol–water partition coefficient (Wildman–Crippen LogP) is 3.08. The van der Waals surface area contributed by atoms with Gasteiger partial charge in [-0.25, -0.2) is 0 Å². The maximum Gasteiger partial charge on any atom is 0.0908 e. The second-order valence-corrected chi connectivity index (χ2v) is 4.74. The summed E-state index contributed by atoms with van der Waals surface area (Å²) in [5.41, 5.74) is 1.98. The molecule has 0 aliphatic carbocycles. The van der Waals surface area contributed by atoms with Gasteiger partial charge in [0, 0.05) is 29.9 Å². The van der Waals surface area contributed by atoms with Gasteiger partial charge < -0.3 is 10.6 Å². The fourth-order valence-corrected chi connectivity index (χ4v) is 2.49. The number of halogens is 2. The highest BCUT2D eigenvalue weighted by Gasteiger charge is 2.15. The summed E-state index contributed by atoms with van der Waals surface area (Å²) < 4.78 is 0. The van der Waals surface area contributed by atoms with Gasteiger partial charge in [-0.3, -0.25) is 4.98 Å². The molecule has 2 aromatic rings. The second kappa shape index (κ2) is 5.74. The Labute approximate surface area is 117 Å². The van der Waals surface area contributed by atoms with Crippen molar-refractivity contribution in [3.63, 3.8) is 0 Å². The van der Waals surface area contributed by atoms with Crippen LogP contribution in [0.1, 0.15) is 6.42 Å². The molecule has 96 valence electrons. The third-order valence-corrected chi connectivity index (χ3v) is 3.45. The number of fused-ring (bicyclic) bond motifs is 1. The van der Waals surface area contributed by atoms with E-state index in [-0.39, 0.29) is 12.4 Å². The molecule has 1 saturated heterocycles. The Bertz CT molecular complexity index is 539. The Hall–Kier alpha value is -1.03. The van der Waals surface area contributed by atoms with Crippen LogP contribution in [0.4, 0.5) is 5.69 Å². The molecule has 1 aromatic carbocycles. The zero-order valence-corrected chi connectivity index (χ0v) is 11.4. The highest BCUT2D eigenvalue weighted by molar-refractivity contribution is 6.35. The largest absolute Gasteiger partial charge is 0.380 e. The number of benzene rings is 1. The summed E-state index contributed by atoms with van der Waals surface area (Å²) in [6.07, 6.45) is 2.96. The van der Waals surface area contributed by atoms with Crippen LogP contribution in [0.5, 0.6) is 0 Å². The van der Waals surface area contributed by atoms with Gasteiger partial charge in [0.2, 0.25) is 0 Å². The molecule has 1 fully saturated rings. The van der Waals surface area contributed by atoms with E-state index in [1.54, 1.807) is 6.20 Å². The third-order valence-electron chi connectivity index (χ3n) is 3.14. The molecule has 1 atom stereocenters. The van der Waals surface area contributed by atoms with Gasteiger partial charge in [-0.1, -0.05) is 23.7 Å². The molecule has 0 bridgehead atoms. The number of nitrogens with zero attached hydrogens (tertiary/aromatic N) is 1. The maximum absolute atomic E-state index is 6.14. The Kier molecular flexibility index (Phi) is 4.27. The molecule has 2 heterocycles. The van der Waals surface area contributed by atoms with E-state index in [1.165, 1.54) is 0 Å². The summed E-state index contributed by atoms with van der Waals surface area (Å²) in [6, 6.07) is 8.40. The third kappa shape index (κ3) is 2.53. The Morgan fingerprint density at radius 1 is 1.33 bits per heavy atom. The van der Waals surface area contributed by atoms with Gasteiger partial charge in [-0.05, 0) is 25.1 Å². The van der Waals surface area contributed by atoms with Crippen LogP contribution in [-0.4, -0.2) is 24.1 Å². The molecule has 0 amide bonds. The number of hydrogen-bond donors (Lipinski definition) is 2. The monoisotopic (exact) mass is 283 g/mol. The Morgan fingerprint density at radius 2 is 2.22 bits per heavy atom. The minimum absolute atomic E-state index is 0. The zero-order valence-electron chi connectivity index (χ0n) is 9.82. The number of pyridine rings is 1. The molecule has 2 N–H and O–H groups in total. The molecule has 1 aliphatic rings. The molecule has 1 aliphatic heterocycles. The van der Waals surface area contributed by atoms with Crippen molar-refractivity contribution in [1.82, 2.24) is 10.3 Å². The van der Waals surface area contributed by atoms with Crippen LogP contribution in [0, 0.1) is 0 Å². The number of nitrogens with one attached hydrogen (secondary N) is 2. The quantitative estimate of drug-likeness (QED) is 0.890. The van der Waals surface area contributed by atoms with Crippen LogP contribution in [0.25, 0.3) is 10.9 Å². The molecular formula is C13H15Cl2N3. The van der Waals surface area contributed by atoms with Crippen LogP contribution in [0.3, 0.4) is 0 Å². The second-order valence-electron chi connectivity index (χ2n) is 4.33. The van der Waals surface area contributed by atoms with Gasteiger partial charge >= 0.3 is 0 Å². The van der Waals surface area contributed by atoms with Crippen LogP contribution in [-0.2, 0) is 0 Å². The van der Waals surface area contributed by atoms with Crippen LogP contribution in [0.15, 0.2) is 30.5 Å². The molecule has 0 spiro atoms. The highest BCUT2D eigenvalue weighted by atomic mass is 35.5. The van der Waals surface area contributed by atoms with Crippen molar-refractivity contribution < 1.29 is 0 Å². The van der Waals surface area contributed by atoms with Gasteiger partial charge in [0.05, 0.1) is 10.5 Å². The number of rotatable bonds is 2. The van der Waals surface area contributed by atoms with E-state index >= 15 is 0 Å². The van der Waals surface area contributed by atoms with Crippen molar-refractivity contribution >= 4 is 40.6 Å². The molecule has 0 saturated carbocycles. The van der Waals surface area contributed by atoms with Crippen LogP contribution >= 0.6 is 24.0 Å². The standard InChI is InChI=1S/C13H14ClN3.ClH/c14-11-3-1-2-10-12(5-7-16-13(10)11)17-9-4-6-15-8-9;/h1-3,5,7,9,15H,4,6,8H2,(H,16,17);1H/t9-;/m1./s1. The van der Waals surface area contributed by atoms with Crippen molar-refractivity contribution in [2.45, 2.75) is 12.5 Å². The fourth-order valence-electron chi connectivity index (χ4n) is 2.26. The maximum atomic E-state index is 6.14. The van der Waals surface area contributed by atoms with Gasteiger partial charge in [0.15, 0.2) is 0 Å². The van der Waals surface area contributed by atoms with E-state index in [0.29, 0.717) is 11.1 Å². The van der Waals surface area contributed by atoms with Crippen molar-refractivity contribution in [1.29, 1.82) is 0 Å². The lowest BCUT2D eigenvalue weighted by atomic mass is 10.1. The minimum Gasteiger partial charge on any atom is -0.380 e. The molecule has 1 aromatic heterocycles. The minimum atomic E-state index is 0. The molecule has 5 heteroatoms.